The summed E-state index contributed by atoms with van der Waals surface area (Å²) in [6.45, 7) is 5.64. The molecular formula is C12H22O3. The Balaban J connectivity index is 2.12. The Morgan fingerprint density at radius 2 is 1.93 bits per heavy atom. The SMILES string of the molecule is CC1(C)CC(O)(C2(CO)CCCOC2)C1. The summed E-state index contributed by atoms with van der Waals surface area (Å²) in [4.78, 5) is 0. The van der Waals surface area contributed by atoms with Crippen molar-refractivity contribution >= 4 is 0 Å². The van der Waals surface area contributed by atoms with Crippen LogP contribution in [0.4, 0.5) is 0 Å². The second kappa shape index (κ2) is 3.44. The van der Waals surface area contributed by atoms with E-state index in [1.807, 2.05) is 0 Å². The van der Waals surface area contributed by atoms with Crippen molar-refractivity contribution in [3.05, 3.63) is 0 Å². The van der Waals surface area contributed by atoms with Crippen molar-refractivity contribution in [1.82, 2.24) is 0 Å². The Morgan fingerprint density at radius 3 is 2.33 bits per heavy atom. The average Bonchev–Trinajstić information content (AvgIpc) is 2.15. The minimum Gasteiger partial charge on any atom is -0.396 e. The summed E-state index contributed by atoms with van der Waals surface area (Å²) in [7, 11) is 0. The van der Waals surface area contributed by atoms with Crippen molar-refractivity contribution in [2.24, 2.45) is 10.8 Å². The molecule has 1 aliphatic heterocycles. The monoisotopic (exact) mass is 214 g/mol. The van der Waals surface area contributed by atoms with Crippen LogP contribution in [-0.2, 0) is 4.74 Å². The first kappa shape index (κ1) is 11.4. The van der Waals surface area contributed by atoms with E-state index in [9.17, 15) is 10.2 Å². The first-order valence-electron chi connectivity index (χ1n) is 5.84. The molecule has 15 heavy (non-hydrogen) atoms. The van der Waals surface area contributed by atoms with Crippen molar-refractivity contribution in [2.75, 3.05) is 19.8 Å². The highest BCUT2D eigenvalue weighted by molar-refractivity contribution is 5.10. The molecular weight excluding hydrogens is 192 g/mol. The van der Waals surface area contributed by atoms with Gasteiger partial charge in [0.1, 0.15) is 0 Å². The van der Waals surface area contributed by atoms with E-state index in [1.54, 1.807) is 0 Å². The van der Waals surface area contributed by atoms with E-state index in [1.165, 1.54) is 0 Å². The van der Waals surface area contributed by atoms with Gasteiger partial charge < -0.3 is 14.9 Å². The zero-order valence-corrected chi connectivity index (χ0v) is 9.75. The van der Waals surface area contributed by atoms with Gasteiger partial charge in [-0.15, -0.1) is 0 Å². The fourth-order valence-electron chi connectivity index (χ4n) is 3.40. The van der Waals surface area contributed by atoms with Crippen LogP contribution in [0.1, 0.15) is 39.5 Å². The molecule has 0 spiro atoms. The van der Waals surface area contributed by atoms with Crippen LogP contribution >= 0.6 is 0 Å². The zero-order chi connectivity index (χ0) is 11.2. The van der Waals surface area contributed by atoms with E-state index < -0.39 is 11.0 Å². The molecule has 0 radical (unpaired) electrons. The largest absolute Gasteiger partial charge is 0.396 e. The fraction of sp³-hybridized carbons (Fsp3) is 1.00. The highest BCUT2D eigenvalue weighted by atomic mass is 16.5. The van der Waals surface area contributed by atoms with Gasteiger partial charge in [-0.05, 0) is 31.1 Å². The minimum absolute atomic E-state index is 0.0413. The average molecular weight is 214 g/mol. The highest BCUT2D eigenvalue weighted by Crippen LogP contribution is 2.58. The van der Waals surface area contributed by atoms with Crippen LogP contribution in [-0.4, -0.2) is 35.6 Å². The first-order valence-corrected chi connectivity index (χ1v) is 5.84. The Morgan fingerprint density at radius 1 is 1.27 bits per heavy atom. The van der Waals surface area contributed by atoms with E-state index in [-0.39, 0.29) is 12.0 Å². The van der Waals surface area contributed by atoms with Gasteiger partial charge in [-0.2, -0.15) is 0 Å². The number of hydrogen-bond donors (Lipinski definition) is 2. The molecule has 2 aliphatic rings. The van der Waals surface area contributed by atoms with E-state index in [4.69, 9.17) is 4.74 Å². The third-order valence-corrected chi connectivity index (χ3v) is 4.15. The molecule has 1 aliphatic carbocycles. The van der Waals surface area contributed by atoms with Crippen molar-refractivity contribution < 1.29 is 14.9 Å². The molecule has 88 valence electrons. The van der Waals surface area contributed by atoms with Gasteiger partial charge in [0.2, 0.25) is 0 Å². The van der Waals surface area contributed by atoms with Crippen LogP contribution in [0.25, 0.3) is 0 Å². The number of hydrogen-bond acceptors (Lipinski definition) is 3. The summed E-state index contributed by atoms with van der Waals surface area (Å²) >= 11 is 0. The number of ether oxygens (including phenoxy) is 1. The molecule has 2 rings (SSSR count). The van der Waals surface area contributed by atoms with Crippen LogP contribution in [0.15, 0.2) is 0 Å². The molecule has 1 unspecified atom stereocenters. The summed E-state index contributed by atoms with van der Waals surface area (Å²) in [6.07, 6.45) is 3.40. The van der Waals surface area contributed by atoms with Crippen molar-refractivity contribution in [3.8, 4) is 0 Å². The van der Waals surface area contributed by atoms with E-state index in [0.717, 1.165) is 32.3 Å². The Labute approximate surface area is 91.4 Å². The fourth-order valence-corrected chi connectivity index (χ4v) is 3.40. The van der Waals surface area contributed by atoms with Crippen LogP contribution in [0.3, 0.4) is 0 Å². The molecule has 1 saturated heterocycles. The second-order valence-electron chi connectivity index (χ2n) is 6.14. The summed E-state index contributed by atoms with van der Waals surface area (Å²) in [5.74, 6) is 0. The molecule has 0 amide bonds. The molecule has 3 heteroatoms. The van der Waals surface area contributed by atoms with Crippen molar-refractivity contribution in [3.63, 3.8) is 0 Å². The Hall–Kier alpha value is -0.120. The topological polar surface area (TPSA) is 49.7 Å². The maximum atomic E-state index is 10.6. The van der Waals surface area contributed by atoms with Gasteiger partial charge in [0.15, 0.2) is 0 Å². The lowest BCUT2D eigenvalue weighted by Crippen LogP contribution is -2.64. The lowest BCUT2D eigenvalue weighted by Gasteiger charge is -2.60. The Bertz CT molecular complexity index is 233. The second-order valence-corrected chi connectivity index (χ2v) is 6.14. The number of aliphatic hydroxyl groups is 2. The maximum absolute atomic E-state index is 10.6. The normalized spacial score (nSPS) is 38.4. The molecule has 0 aromatic carbocycles. The summed E-state index contributed by atoms with van der Waals surface area (Å²) in [6, 6.07) is 0. The molecule has 1 heterocycles. The highest BCUT2D eigenvalue weighted by Gasteiger charge is 2.60. The van der Waals surface area contributed by atoms with Crippen molar-refractivity contribution in [2.45, 2.75) is 45.1 Å². The van der Waals surface area contributed by atoms with Gasteiger partial charge in [-0.1, -0.05) is 13.8 Å². The van der Waals surface area contributed by atoms with Crippen LogP contribution in [0.5, 0.6) is 0 Å². The van der Waals surface area contributed by atoms with Gasteiger partial charge in [-0.3, -0.25) is 0 Å². The van der Waals surface area contributed by atoms with Gasteiger partial charge in [0, 0.05) is 12.0 Å². The number of aliphatic hydroxyl groups excluding tert-OH is 1. The molecule has 0 aromatic rings. The summed E-state index contributed by atoms with van der Waals surface area (Å²) in [5, 5.41) is 20.2. The third kappa shape index (κ3) is 1.71. The zero-order valence-electron chi connectivity index (χ0n) is 9.75. The molecule has 3 nitrogen and oxygen atoms in total. The minimum atomic E-state index is -0.703. The first-order chi connectivity index (χ1) is 6.93. The van der Waals surface area contributed by atoms with Gasteiger partial charge in [0.05, 0.1) is 18.8 Å². The van der Waals surface area contributed by atoms with Crippen LogP contribution in [0, 0.1) is 10.8 Å². The predicted octanol–water partition coefficient (Wildman–Crippen LogP) is 1.33. The maximum Gasteiger partial charge on any atom is 0.0758 e. The van der Waals surface area contributed by atoms with Gasteiger partial charge in [-0.25, -0.2) is 0 Å². The standard InChI is InChI=1S/C12H22O3/c1-10(2)6-12(14,7-10)11(8-13)4-3-5-15-9-11/h13-14H,3-9H2,1-2H3. The molecule has 1 atom stereocenters. The molecule has 0 aromatic heterocycles. The van der Waals surface area contributed by atoms with Crippen molar-refractivity contribution in [1.29, 1.82) is 0 Å². The lowest BCUT2D eigenvalue weighted by atomic mass is 9.50. The summed E-state index contributed by atoms with van der Waals surface area (Å²) < 4.78 is 5.45. The Kier molecular flexibility index (Phi) is 2.61. The third-order valence-electron chi connectivity index (χ3n) is 4.15. The smallest absolute Gasteiger partial charge is 0.0758 e. The lowest BCUT2D eigenvalue weighted by molar-refractivity contribution is -0.237. The number of rotatable bonds is 2. The summed E-state index contributed by atoms with van der Waals surface area (Å²) in [5.41, 5.74) is -0.888. The molecule has 2 fully saturated rings. The molecule has 0 bridgehead atoms. The predicted molar refractivity (Wildman–Crippen MR) is 57.5 cm³/mol. The van der Waals surface area contributed by atoms with Crippen LogP contribution in [0.2, 0.25) is 0 Å². The van der Waals surface area contributed by atoms with E-state index in [2.05, 4.69) is 13.8 Å². The molecule has 2 N–H and O–H groups in total. The quantitative estimate of drug-likeness (QED) is 0.729. The van der Waals surface area contributed by atoms with Gasteiger partial charge in [0.25, 0.3) is 0 Å². The van der Waals surface area contributed by atoms with E-state index in [0.29, 0.717) is 6.61 Å². The van der Waals surface area contributed by atoms with Crippen LogP contribution < -0.4 is 0 Å². The van der Waals surface area contributed by atoms with Gasteiger partial charge >= 0.3 is 0 Å². The van der Waals surface area contributed by atoms with E-state index >= 15 is 0 Å². The molecule has 1 saturated carbocycles.